The van der Waals surface area contributed by atoms with Gasteiger partial charge < -0.3 is 18.0 Å². The normalized spacial score (nSPS) is 12.0. The predicted molar refractivity (Wildman–Crippen MR) is 215 cm³/mol. The van der Waals surface area contributed by atoms with Crippen LogP contribution in [-0.2, 0) is 0 Å². The second-order valence-electron chi connectivity index (χ2n) is 13.7. The Labute approximate surface area is 299 Å². The number of nitrogens with zero attached hydrogens (tertiary/aromatic N) is 2. The molecular formula is C48H32N2O2. The van der Waals surface area contributed by atoms with Gasteiger partial charge in [-0.05, 0) is 85.6 Å². The molecule has 0 aliphatic rings. The highest BCUT2D eigenvalue weighted by Gasteiger charge is 2.22. The molecule has 0 aliphatic heterocycles. The number of rotatable bonds is 4. The average Bonchev–Trinajstić information content (AvgIpc) is 3.92. The van der Waals surface area contributed by atoms with Gasteiger partial charge in [-0.25, -0.2) is 0 Å². The Morgan fingerprint density at radius 2 is 0.635 bits per heavy atom. The molecule has 0 unspecified atom stereocenters. The third-order valence-corrected chi connectivity index (χ3v) is 10.9. The molecule has 0 saturated heterocycles. The summed E-state index contributed by atoms with van der Waals surface area (Å²) < 4.78 is 17.8. The van der Waals surface area contributed by atoms with Gasteiger partial charge in [0.2, 0.25) is 0 Å². The Bertz CT molecular complexity index is 2860. The molecule has 0 aliphatic carbocycles. The molecule has 11 aromatic rings. The van der Waals surface area contributed by atoms with Crippen molar-refractivity contribution in [1.29, 1.82) is 0 Å². The van der Waals surface area contributed by atoms with E-state index in [9.17, 15) is 0 Å². The summed E-state index contributed by atoms with van der Waals surface area (Å²) in [5.74, 6) is 1.75. The fraction of sp³-hybridized carbons (Fsp3) is 0.0417. The molecule has 0 atom stereocenters. The fourth-order valence-corrected chi connectivity index (χ4v) is 8.62. The summed E-state index contributed by atoms with van der Waals surface area (Å²) >= 11 is 0. The summed E-state index contributed by atoms with van der Waals surface area (Å²) in [5, 5.41) is 7.14. The molecule has 0 N–H and O–H groups in total. The molecule has 0 spiro atoms. The first-order valence-electron chi connectivity index (χ1n) is 17.8. The van der Waals surface area contributed by atoms with Gasteiger partial charge in [-0.3, -0.25) is 0 Å². The lowest BCUT2D eigenvalue weighted by Crippen LogP contribution is -1.93. The van der Waals surface area contributed by atoms with Crippen molar-refractivity contribution in [2.45, 2.75) is 13.8 Å². The van der Waals surface area contributed by atoms with Gasteiger partial charge in [0.15, 0.2) is 11.2 Å². The highest BCUT2D eigenvalue weighted by Crippen LogP contribution is 2.44. The van der Waals surface area contributed by atoms with Crippen LogP contribution < -0.4 is 0 Å². The van der Waals surface area contributed by atoms with Crippen LogP contribution in [0.5, 0.6) is 0 Å². The molecule has 4 heterocycles. The summed E-state index contributed by atoms with van der Waals surface area (Å²) in [4.78, 5) is 0. The molecular weight excluding hydrogens is 637 g/mol. The van der Waals surface area contributed by atoms with Crippen molar-refractivity contribution in [3.8, 4) is 33.6 Å². The molecule has 4 aromatic heterocycles. The van der Waals surface area contributed by atoms with E-state index in [-0.39, 0.29) is 0 Å². The zero-order valence-electron chi connectivity index (χ0n) is 28.7. The lowest BCUT2D eigenvalue weighted by atomic mass is 9.98. The third kappa shape index (κ3) is 4.03. The van der Waals surface area contributed by atoms with Crippen LogP contribution in [0.25, 0.3) is 99.2 Å². The number of aryl methyl sites for hydroxylation is 2. The lowest BCUT2D eigenvalue weighted by Gasteiger charge is -2.09. The number of aromatic nitrogens is 2. The minimum absolute atomic E-state index is 0.785. The first-order valence-corrected chi connectivity index (χ1v) is 17.8. The Hall–Kier alpha value is -6.78. The molecule has 0 fully saturated rings. The third-order valence-electron chi connectivity index (χ3n) is 10.9. The molecule has 0 saturated carbocycles. The molecule has 0 bridgehead atoms. The van der Waals surface area contributed by atoms with Gasteiger partial charge >= 0.3 is 0 Å². The molecule has 52 heavy (non-hydrogen) atoms. The number of benzene rings is 7. The van der Waals surface area contributed by atoms with Crippen LogP contribution in [0.3, 0.4) is 0 Å². The van der Waals surface area contributed by atoms with Crippen molar-refractivity contribution in [1.82, 2.24) is 9.13 Å². The molecule has 4 nitrogen and oxygen atoms in total. The lowest BCUT2D eigenvalue weighted by molar-refractivity contribution is 0.549. The summed E-state index contributed by atoms with van der Waals surface area (Å²) in [6.07, 6.45) is 0. The van der Waals surface area contributed by atoms with E-state index in [4.69, 9.17) is 8.83 Å². The van der Waals surface area contributed by atoms with Gasteiger partial charge in [-0.1, -0.05) is 97.1 Å². The number of fused-ring (bicyclic) bond motifs is 9. The molecule has 246 valence electrons. The SMILES string of the molecule is Cc1oc2c(ccc3c(-c4ccc(-n5c6ccccc6c6ccccc65)cc4)c(C)oc32)c1-c1ccc(-n2c3ccccc3c3ccccc32)cc1. The molecule has 7 aromatic carbocycles. The van der Waals surface area contributed by atoms with Crippen LogP contribution in [-0.4, -0.2) is 9.13 Å². The van der Waals surface area contributed by atoms with Crippen molar-refractivity contribution in [2.24, 2.45) is 0 Å². The predicted octanol–water partition coefficient (Wildman–Crippen LogP) is 13.3. The van der Waals surface area contributed by atoms with Crippen molar-refractivity contribution >= 4 is 65.6 Å². The van der Waals surface area contributed by atoms with Gasteiger partial charge in [-0.15, -0.1) is 0 Å². The van der Waals surface area contributed by atoms with E-state index < -0.39 is 0 Å². The Balaban J connectivity index is 0.989. The number of para-hydroxylation sites is 4. The number of furan rings is 2. The van der Waals surface area contributed by atoms with Crippen LogP contribution in [0.4, 0.5) is 0 Å². The second kappa shape index (κ2) is 10.9. The summed E-state index contributed by atoms with van der Waals surface area (Å²) in [6.45, 7) is 4.10. The summed E-state index contributed by atoms with van der Waals surface area (Å²) in [6, 6.07) is 56.5. The molecule has 11 rings (SSSR count). The highest BCUT2D eigenvalue weighted by molar-refractivity contribution is 6.13. The van der Waals surface area contributed by atoms with Crippen LogP contribution in [0.1, 0.15) is 11.5 Å². The van der Waals surface area contributed by atoms with Crippen molar-refractivity contribution in [2.75, 3.05) is 0 Å². The van der Waals surface area contributed by atoms with Crippen LogP contribution >= 0.6 is 0 Å². The molecule has 0 radical (unpaired) electrons. The van der Waals surface area contributed by atoms with E-state index in [0.29, 0.717) is 0 Å². The van der Waals surface area contributed by atoms with Crippen molar-refractivity contribution in [3.05, 3.63) is 169 Å². The number of hydrogen-bond donors (Lipinski definition) is 0. The first-order chi connectivity index (χ1) is 25.6. The Kier molecular flexibility index (Phi) is 6.06. The van der Waals surface area contributed by atoms with E-state index in [2.05, 4.69) is 167 Å². The van der Waals surface area contributed by atoms with E-state index in [1.807, 2.05) is 13.8 Å². The molecule has 0 amide bonds. The van der Waals surface area contributed by atoms with Crippen LogP contribution in [0.2, 0.25) is 0 Å². The maximum absolute atomic E-state index is 6.54. The first kappa shape index (κ1) is 29.0. The van der Waals surface area contributed by atoms with Gasteiger partial charge in [0.25, 0.3) is 0 Å². The molecule has 4 heteroatoms. The number of hydrogen-bond acceptors (Lipinski definition) is 2. The smallest absolute Gasteiger partial charge is 0.178 e. The van der Waals surface area contributed by atoms with E-state index in [0.717, 1.165) is 67.1 Å². The van der Waals surface area contributed by atoms with Crippen LogP contribution in [0.15, 0.2) is 167 Å². The second-order valence-corrected chi connectivity index (χ2v) is 13.7. The summed E-state index contributed by atoms with van der Waals surface area (Å²) in [7, 11) is 0. The minimum Gasteiger partial charge on any atom is -0.457 e. The van der Waals surface area contributed by atoms with Gasteiger partial charge in [0, 0.05) is 54.8 Å². The maximum atomic E-state index is 6.54. The minimum atomic E-state index is 0.785. The topological polar surface area (TPSA) is 36.1 Å². The maximum Gasteiger partial charge on any atom is 0.178 e. The zero-order valence-corrected chi connectivity index (χ0v) is 28.7. The van der Waals surface area contributed by atoms with Crippen molar-refractivity contribution < 1.29 is 8.83 Å². The van der Waals surface area contributed by atoms with Gasteiger partial charge in [0.1, 0.15) is 11.5 Å². The van der Waals surface area contributed by atoms with Gasteiger partial charge in [0.05, 0.1) is 22.1 Å². The highest BCUT2D eigenvalue weighted by atomic mass is 16.4. The Morgan fingerprint density at radius 1 is 0.327 bits per heavy atom. The monoisotopic (exact) mass is 668 g/mol. The fourth-order valence-electron chi connectivity index (χ4n) is 8.62. The van der Waals surface area contributed by atoms with Crippen LogP contribution in [0, 0.1) is 13.8 Å². The quantitative estimate of drug-likeness (QED) is 0.187. The van der Waals surface area contributed by atoms with E-state index in [1.165, 1.54) is 43.6 Å². The zero-order chi connectivity index (χ0) is 34.5. The summed E-state index contributed by atoms with van der Waals surface area (Å²) in [5.41, 5.74) is 13.1. The largest absolute Gasteiger partial charge is 0.457 e. The standard InChI is InChI=1S/C48H32N2O2/c1-29-45(31-19-23-33(24-20-31)49-41-15-7-3-11-35(41)36-12-4-8-16-42(36)49)39-27-28-40-46(30(2)52-48(40)47(39)51-29)32-21-25-34(26-22-32)50-43-17-9-5-13-37(43)38-14-6-10-18-44(38)50/h3-28H,1-2H3. The van der Waals surface area contributed by atoms with Crippen molar-refractivity contribution in [3.63, 3.8) is 0 Å². The Morgan fingerprint density at radius 3 is 0.962 bits per heavy atom. The van der Waals surface area contributed by atoms with E-state index >= 15 is 0 Å². The van der Waals surface area contributed by atoms with E-state index in [1.54, 1.807) is 0 Å². The average molecular weight is 669 g/mol. The van der Waals surface area contributed by atoms with Gasteiger partial charge in [-0.2, -0.15) is 0 Å².